The molecular weight excluding hydrogens is 302 g/mol. The summed E-state index contributed by atoms with van der Waals surface area (Å²) in [6.45, 7) is 3.41. The third-order valence-corrected chi connectivity index (χ3v) is 4.76. The van der Waals surface area contributed by atoms with Gasteiger partial charge in [-0.2, -0.15) is 0 Å². The van der Waals surface area contributed by atoms with Crippen molar-refractivity contribution in [2.45, 2.75) is 6.10 Å². The number of hydrogen-bond acceptors (Lipinski definition) is 6. The molecule has 3 heterocycles. The van der Waals surface area contributed by atoms with Gasteiger partial charge in [0.05, 0.1) is 6.20 Å². The molecule has 1 atom stereocenters. The first-order valence-corrected chi connectivity index (χ1v) is 8.11. The Bertz CT molecular complexity index is 619. The summed E-state index contributed by atoms with van der Waals surface area (Å²) in [5.41, 5.74) is 0.384. The first kappa shape index (κ1) is 15.1. The number of thiophene rings is 1. The summed E-state index contributed by atoms with van der Waals surface area (Å²) in [6.07, 6.45) is 1.18. The molecule has 0 spiro atoms. The van der Waals surface area contributed by atoms with E-state index < -0.39 is 6.10 Å². The lowest BCUT2D eigenvalue weighted by Gasteiger charge is -2.35. The minimum absolute atomic E-state index is 0.0773. The first-order valence-electron chi connectivity index (χ1n) is 7.23. The van der Waals surface area contributed by atoms with Crippen LogP contribution in [0.15, 0.2) is 23.7 Å². The van der Waals surface area contributed by atoms with E-state index in [1.165, 1.54) is 4.68 Å². The van der Waals surface area contributed by atoms with Gasteiger partial charge in [0.15, 0.2) is 5.69 Å². The Kier molecular flexibility index (Phi) is 4.51. The molecule has 2 aromatic rings. The van der Waals surface area contributed by atoms with Crippen LogP contribution in [0.25, 0.3) is 0 Å². The Hall–Kier alpha value is -1.77. The number of nitrogens with zero attached hydrogens (tertiary/aromatic N) is 5. The van der Waals surface area contributed by atoms with Gasteiger partial charge in [-0.05, 0) is 11.4 Å². The fraction of sp³-hybridized carbons (Fsp3) is 0.500. The van der Waals surface area contributed by atoms with Crippen LogP contribution in [0.4, 0.5) is 0 Å². The zero-order chi connectivity index (χ0) is 15.5. The Morgan fingerprint density at radius 3 is 2.77 bits per heavy atom. The number of aryl methyl sites for hydroxylation is 1. The lowest BCUT2D eigenvalue weighted by atomic mass is 10.2. The highest BCUT2D eigenvalue weighted by atomic mass is 32.1. The smallest absolute Gasteiger partial charge is 0.276 e. The highest BCUT2D eigenvalue weighted by Gasteiger charge is 2.25. The number of carbonyl (C=O) groups excluding carboxylic acids is 1. The maximum Gasteiger partial charge on any atom is 0.276 e. The Morgan fingerprint density at radius 2 is 2.18 bits per heavy atom. The maximum atomic E-state index is 12.3. The second-order valence-electron chi connectivity index (χ2n) is 5.40. The monoisotopic (exact) mass is 321 g/mol. The number of piperazine rings is 1. The first-order chi connectivity index (χ1) is 10.6. The predicted molar refractivity (Wildman–Crippen MR) is 82.6 cm³/mol. The summed E-state index contributed by atoms with van der Waals surface area (Å²) in [5, 5.41) is 19.8. The van der Waals surface area contributed by atoms with E-state index in [0.717, 1.165) is 18.0 Å². The van der Waals surface area contributed by atoms with Gasteiger partial charge in [-0.15, -0.1) is 16.4 Å². The fourth-order valence-electron chi connectivity index (χ4n) is 2.56. The highest BCUT2D eigenvalue weighted by molar-refractivity contribution is 7.10. The Morgan fingerprint density at radius 1 is 1.41 bits per heavy atom. The normalized spacial score (nSPS) is 17.6. The van der Waals surface area contributed by atoms with Crippen LogP contribution in [0.2, 0.25) is 0 Å². The van der Waals surface area contributed by atoms with E-state index in [0.29, 0.717) is 25.3 Å². The second-order valence-corrected chi connectivity index (χ2v) is 6.38. The predicted octanol–water partition coefficient (Wildman–Crippen LogP) is 0.368. The van der Waals surface area contributed by atoms with Crippen LogP contribution in [0.5, 0.6) is 0 Å². The average molecular weight is 321 g/mol. The van der Waals surface area contributed by atoms with E-state index in [4.69, 9.17) is 0 Å². The lowest BCUT2D eigenvalue weighted by Crippen LogP contribution is -2.49. The van der Waals surface area contributed by atoms with E-state index in [-0.39, 0.29) is 5.91 Å². The van der Waals surface area contributed by atoms with E-state index in [2.05, 4.69) is 15.2 Å². The molecule has 0 aliphatic carbocycles. The quantitative estimate of drug-likeness (QED) is 0.880. The fourth-order valence-corrected chi connectivity index (χ4v) is 3.26. The van der Waals surface area contributed by atoms with Crippen LogP contribution in [-0.4, -0.2) is 68.5 Å². The molecule has 1 amide bonds. The molecule has 2 aromatic heterocycles. The van der Waals surface area contributed by atoms with Crippen LogP contribution in [0.3, 0.4) is 0 Å². The molecule has 7 nitrogen and oxygen atoms in total. The number of amides is 1. The molecule has 0 bridgehead atoms. The van der Waals surface area contributed by atoms with E-state index >= 15 is 0 Å². The molecule has 1 N–H and O–H groups in total. The summed E-state index contributed by atoms with van der Waals surface area (Å²) in [5.74, 6) is -0.0773. The van der Waals surface area contributed by atoms with Gasteiger partial charge >= 0.3 is 0 Å². The number of β-amino-alcohol motifs (C(OH)–C–C–N with tert-alkyl or cyclic N) is 1. The van der Waals surface area contributed by atoms with Gasteiger partial charge < -0.3 is 10.0 Å². The van der Waals surface area contributed by atoms with Crippen molar-refractivity contribution < 1.29 is 9.90 Å². The van der Waals surface area contributed by atoms with Crippen molar-refractivity contribution in [2.24, 2.45) is 7.05 Å². The molecule has 22 heavy (non-hydrogen) atoms. The zero-order valence-electron chi connectivity index (χ0n) is 12.4. The van der Waals surface area contributed by atoms with Crippen molar-refractivity contribution in [1.82, 2.24) is 24.8 Å². The average Bonchev–Trinajstić information content (AvgIpc) is 3.18. The molecule has 1 fully saturated rings. The molecular formula is C14H19N5O2S. The summed E-state index contributed by atoms with van der Waals surface area (Å²) in [7, 11) is 1.74. The second kappa shape index (κ2) is 6.55. The molecule has 118 valence electrons. The molecule has 1 aliphatic heterocycles. The van der Waals surface area contributed by atoms with Crippen LogP contribution >= 0.6 is 11.3 Å². The Labute approximate surface area is 132 Å². The van der Waals surface area contributed by atoms with Crippen molar-refractivity contribution >= 4 is 17.2 Å². The number of carbonyl (C=O) groups is 1. The minimum atomic E-state index is -0.456. The number of hydrogen-bond donors (Lipinski definition) is 1. The standard InChI is InChI=1S/C14H19N5O2S/c1-17-9-11(15-16-17)14(21)19-6-4-18(5-7-19)10-12(20)13-3-2-8-22-13/h2-3,8-9,12,20H,4-7,10H2,1H3. The number of aliphatic hydroxyl groups is 1. The Balaban J connectivity index is 1.51. The van der Waals surface area contributed by atoms with E-state index in [9.17, 15) is 9.90 Å². The van der Waals surface area contributed by atoms with Gasteiger partial charge in [-0.1, -0.05) is 11.3 Å². The summed E-state index contributed by atoms with van der Waals surface area (Å²) in [4.78, 5) is 17.2. The number of aliphatic hydroxyl groups excluding tert-OH is 1. The van der Waals surface area contributed by atoms with Crippen LogP contribution < -0.4 is 0 Å². The third-order valence-electron chi connectivity index (χ3n) is 3.78. The molecule has 1 unspecified atom stereocenters. The molecule has 0 radical (unpaired) electrons. The summed E-state index contributed by atoms with van der Waals surface area (Å²) >= 11 is 1.57. The molecule has 1 aliphatic rings. The lowest BCUT2D eigenvalue weighted by molar-refractivity contribution is 0.0528. The molecule has 0 aromatic carbocycles. The topological polar surface area (TPSA) is 74.5 Å². The maximum absolute atomic E-state index is 12.3. The van der Waals surface area contributed by atoms with Gasteiger partial charge in [0.2, 0.25) is 0 Å². The van der Waals surface area contributed by atoms with Crippen molar-refractivity contribution in [1.29, 1.82) is 0 Å². The van der Waals surface area contributed by atoms with Gasteiger partial charge in [0, 0.05) is 44.6 Å². The minimum Gasteiger partial charge on any atom is -0.386 e. The summed E-state index contributed by atoms with van der Waals surface area (Å²) < 4.78 is 1.53. The summed E-state index contributed by atoms with van der Waals surface area (Å²) in [6, 6.07) is 3.89. The van der Waals surface area contributed by atoms with Crippen LogP contribution in [0.1, 0.15) is 21.5 Å². The third kappa shape index (κ3) is 3.34. The van der Waals surface area contributed by atoms with Crippen molar-refractivity contribution in [3.05, 3.63) is 34.3 Å². The van der Waals surface area contributed by atoms with Gasteiger partial charge in [-0.25, -0.2) is 0 Å². The van der Waals surface area contributed by atoms with Crippen molar-refractivity contribution in [2.75, 3.05) is 32.7 Å². The number of aromatic nitrogens is 3. The molecule has 0 saturated carbocycles. The van der Waals surface area contributed by atoms with E-state index in [1.807, 2.05) is 17.5 Å². The number of rotatable bonds is 4. The van der Waals surface area contributed by atoms with Crippen LogP contribution in [-0.2, 0) is 7.05 Å². The molecule has 8 heteroatoms. The van der Waals surface area contributed by atoms with Gasteiger partial charge in [0.25, 0.3) is 5.91 Å². The van der Waals surface area contributed by atoms with Gasteiger partial charge in [0.1, 0.15) is 6.10 Å². The van der Waals surface area contributed by atoms with Gasteiger partial charge in [-0.3, -0.25) is 14.4 Å². The van der Waals surface area contributed by atoms with Crippen molar-refractivity contribution in [3.8, 4) is 0 Å². The van der Waals surface area contributed by atoms with Crippen molar-refractivity contribution in [3.63, 3.8) is 0 Å². The molecule has 3 rings (SSSR count). The van der Waals surface area contributed by atoms with Crippen LogP contribution in [0, 0.1) is 0 Å². The zero-order valence-corrected chi connectivity index (χ0v) is 13.2. The largest absolute Gasteiger partial charge is 0.386 e. The SMILES string of the molecule is Cn1cc(C(=O)N2CCN(CC(O)c3cccs3)CC2)nn1. The highest BCUT2D eigenvalue weighted by Crippen LogP contribution is 2.20. The van der Waals surface area contributed by atoms with E-state index in [1.54, 1.807) is 29.5 Å². The molecule has 1 saturated heterocycles.